The van der Waals surface area contributed by atoms with Crippen LogP contribution in [0, 0.1) is 5.92 Å². The Bertz CT molecular complexity index is 442. The van der Waals surface area contributed by atoms with E-state index in [1.165, 1.54) is 12.8 Å². The standard InChI is InChI=1S/C17H26N2O3/c20-11-12-22-16-4-1-15(2-5-16)13-19-17(21)6-3-14-7-9-18-10-8-14/h1-2,4-5,14,18,20H,3,6-13H2,(H,19,21). The molecule has 1 saturated heterocycles. The molecule has 1 aromatic carbocycles. The molecule has 0 saturated carbocycles. The van der Waals surface area contributed by atoms with Gasteiger partial charge in [0.05, 0.1) is 6.61 Å². The molecule has 0 aliphatic carbocycles. The number of amides is 1. The topological polar surface area (TPSA) is 70.6 Å². The van der Waals surface area contributed by atoms with Gasteiger partial charge in [0.1, 0.15) is 12.4 Å². The molecule has 0 bridgehead atoms. The first kappa shape index (κ1) is 16.8. The van der Waals surface area contributed by atoms with Gasteiger partial charge in [-0.3, -0.25) is 4.79 Å². The van der Waals surface area contributed by atoms with Crippen LogP contribution in [-0.2, 0) is 11.3 Å². The molecule has 1 aliphatic heterocycles. The summed E-state index contributed by atoms with van der Waals surface area (Å²) in [7, 11) is 0. The zero-order valence-electron chi connectivity index (χ0n) is 13.0. The third-order valence-corrected chi connectivity index (χ3v) is 4.01. The molecule has 0 aromatic heterocycles. The van der Waals surface area contributed by atoms with Gasteiger partial charge in [-0.2, -0.15) is 0 Å². The van der Waals surface area contributed by atoms with Crippen LogP contribution in [0.2, 0.25) is 0 Å². The normalized spacial score (nSPS) is 15.5. The molecule has 5 heteroatoms. The first-order chi connectivity index (χ1) is 10.8. The van der Waals surface area contributed by atoms with Gasteiger partial charge in [0.2, 0.25) is 5.91 Å². The highest BCUT2D eigenvalue weighted by atomic mass is 16.5. The SMILES string of the molecule is O=C(CCC1CCNCC1)NCc1ccc(OCCO)cc1. The summed E-state index contributed by atoms with van der Waals surface area (Å²) >= 11 is 0. The molecule has 0 atom stereocenters. The molecule has 22 heavy (non-hydrogen) atoms. The van der Waals surface area contributed by atoms with Crippen LogP contribution < -0.4 is 15.4 Å². The Hall–Kier alpha value is -1.59. The van der Waals surface area contributed by atoms with Gasteiger partial charge < -0.3 is 20.5 Å². The molecule has 1 fully saturated rings. The van der Waals surface area contributed by atoms with Gasteiger partial charge in [0, 0.05) is 13.0 Å². The summed E-state index contributed by atoms with van der Waals surface area (Å²) in [5, 5.41) is 15.0. The fourth-order valence-electron chi connectivity index (χ4n) is 2.66. The quantitative estimate of drug-likeness (QED) is 0.680. The van der Waals surface area contributed by atoms with Crippen molar-refractivity contribution < 1.29 is 14.6 Å². The zero-order valence-corrected chi connectivity index (χ0v) is 13.0. The summed E-state index contributed by atoms with van der Waals surface area (Å²) in [5.74, 6) is 1.55. The van der Waals surface area contributed by atoms with Crippen LogP contribution in [0.3, 0.4) is 0 Å². The molecular formula is C17H26N2O3. The van der Waals surface area contributed by atoms with Crippen LogP contribution in [-0.4, -0.2) is 37.3 Å². The number of hydrogen-bond acceptors (Lipinski definition) is 4. The summed E-state index contributed by atoms with van der Waals surface area (Å²) in [6.45, 7) is 3.01. The van der Waals surface area contributed by atoms with Crippen molar-refractivity contribution in [1.29, 1.82) is 0 Å². The number of aliphatic hydroxyl groups is 1. The number of hydrogen-bond donors (Lipinski definition) is 3. The molecule has 1 aliphatic rings. The third kappa shape index (κ3) is 6.03. The number of benzene rings is 1. The summed E-state index contributed by atoms with van der Waals surface area (Å²) in [4.78, 5) is 11.9. The van der Waals surface area contributed by atoms with E-state index in [9.17, 15) is 4.79 Å². The highest BCUT2D eigenvalue weighted by molar-refractivity contribution is 5.75. The highest BCUT2D eigenvalue weighted by Gasteiger charge is 2.14. The Balaban J connectivity index is 1.64. The number of piperidine rings is 1. The minimum absolute atomic E-state index is 0.00880. The van der Waals surface area contributed by atoms with Gasteiger partial charge in [0.15, 0.2) is 0 Å². The third-order valence-electron chi connectivity index (χ3n) is 4.01. The molecule has 2 rings (SSSR count). The van der Waals surface area contributed by atoms with E-state index in [2.05, 4.69) is 10.6 Å². The molecule has 1 aromatic rings. The van der Waals surface area contributed by atoms with Crippen LogP contribution in [0.15, 0.2) is 24.3 Å². The zero-order chi connectivity index (χ0) is 15.6. The summed E-state index contributed by atoms with van der Waals surface area (Å²) in [6, 6.07) is 7.57. The Morgan fingerprint density at radius 2 is 2.00 bits per heavy atom. The number of nitrogens with one attached hydrogen (secondary N) is 2. The van der Waals surface area contributed by atoms with Gasteiger partial charge >= 0.3 is 0 Å². The number of rotatable bonds is 8. The van der Waals surface area contributed by atoms with Gasteiger partial charge in [-0.1, -0.05) is 12.1 Å². The lowest BCUT2D eigenvalue weighted by Gasteiger charge is -2.22. The Morgan fingerprint density at radius 1 is 1.27 bits per heavy atom. The molecular weight excluding hydrogens is 280 g/mol. The second-order valence-electron chi connectivity index (χ2n) is 5.72. The van der Waals surface area contributed by atoms with Crippen LogP contribution in [0.5, 0.6) is 5.75 Å². The van der Waals surface area contributed by atoms with Crippen LogP contribution in [0.1, 0.15) is 31.2 Å². The van der Waals surface area contributed by atoms with E-state index in [1.54, 1.807) is 0 Å². The molecule has 122 valence electrons. The second kappa shape index (κ2) is 9.43. The first-order valence-corrected chi connectivity index (χ1v) is 8.08. The van der Waals surface area contributed by atoms with Crippen molar-refractivity contribution in [3.63, 3.8) is 0 Å². The lowest BCUT2D eigenvalue weighted by molar-refractivity contribution is -0.121. The van der Waals surface area contributed by atoms with E-state index in [0.717, 1.165) is 30.8 Å². The van der Waals surface area contributed by atoms with Gasteiger partial charge in [-0.15, -0.1) is 0 Å². The fraction of sp³-hybridized carbons (Fsp3) is 0.588. The maximum absolute atomic E-state index is 11.9. The van der Waals surface area contributed by atoms with Crippen LogP contribution in [0.25, 0.3) is 0 Å². The van der Waals surface area contributed by atoms with Gasteiger partial charge in [-0.25, -0.2) is 0 Å². The van der Waals surface area contributed by atoms with Crippen molar-refractivity contribution in [2.24, 2.45) is 5.92 Å². The van der Waals surface area contributed by atoms with E-state index in [4.69, 9.17) is 9.84 Å². The van der Waals surface area contributed by atoms with E-state index < -0.39 is 0 Å². The highest BCUT2D eigenvalue weighted by Crippen LogP contribution is 2.17. The molecule has 0 unspecified atom stereocenters. The largest absolute Gasteiger partial charge is 0.491 e. The van der Waals surface area contributed by atoms with Crippen molar-refractivity contribution in [2.75, 3.05) is 26.3 Å². The van der Waals surface area contributed by atoms with Crippen molar-refractivity contribution in [3.8, 4) is 5.75 Å². The van der Waals surface area contributed by atoms with Gasteiger partial charge in [0.25, 0.3) is 0 Å². The molecule has 1 heterocycles. The Kier molecular flexibility index (Phi) is 7.19. The minimum Gasteiger partial charge on any atom is -0.491 e. The average Bonchev–Trinajstić information content (AvgIpc) is 2.58. The van der Waals surface area contributed by atoms with E-state index in [1.807, 2.05) is 24.3 Å². The van der Waals surface area contributed by atoms with E-state index in [0.29, 0.717) is 25.5 Å². The van der Waals surface area contributed by atoms with Gasteiger partial charge in [-0.05, 0) is 56.0 Å². The predicted octanol–water partition coefficient (Wildman–Crippen LogP) is 1.45. The number of ether oxygens (including phenoxy) is 1. The lowest BCUT2D eigenvalue weighted by Crippen LogP contribution is -2.29. The number of carbonyl (C=O) groups excluding carboxylic acids is 1. The maximum Gasteiger partial charge on any atom is 0.220 e. The minimum atomic E-state index is 0.00880. The lowest BCUT2D eigenvalue weighted by atomic mass is 9.93. The molecule has 5 nitrogen and oxygen atoms in total. The van der Waals surface area contributed by atoms with Crippen molar-refractivity contribution in [3.05, 3.63) is 29.8 Å². The number of aliphatic hydroxyl groups excluding tert-OH is 1. The predicted molar refractivity (Wildman–Crippen MR) is 85.7 cm³/mol. The smallest absolute Gasteiger partial charge is 0.220 e. The average molecular weight is 306 g/mol. The first-order valence-electron chi connectivity index (χ1n) is 8.08. The monoisotopic (exact) mass is 306 g/mol. The van der Waals surface area contributed by atoms with Crippen LogP contribution in [0.4, 0.5) is 0 Å². The molecule has 1 amide bonds. The Morgan fingerprint density at radius 3 is 2.68 bits per heavy atom. The second-order valence-corrected chi connectivity index (χ2v) is 5.72. The molecule has 3 N–H and O–H groups in total. The summed E-state index contributed by atoms with van der Waals surface area (Å²) in [5.41, 5.74) is 1.05. The van der Waals surface area contributed by atoms with Crippen LogP contribution >= 0.6 is 0 Å². The maximum atomic E-state index is 11.9. The van der Waals surface area contributed by atoms with E-state index in [-0.39, 0.29) is 12.5 Å². The van der Waals surface area contributed by atoms with Crippen molar-refractivity contribution >= 4 is 5.91 Å². The van der Waals surface area contributed by atoms with E-state index >= 15 is 0 Å². The fourth-order valence-corrected chi connectivity index (χ4v) is 2.66. The van der Waals surface area contributed by atoms with Crippen molar-refractivity contribution in [1.82, 2.24) is 10.6 Å². The summed E-state index contributed by atoms with van der Waals surface area (Å²) in [6.07, 6.45) is 3.97. The molecule has 0 spiro atoms. The Labute approximate surface area is 132 Å². The molecule has 0 radical (unpaired) electrons. The van der Waals surface area contributed by atoms with Crippen molar-refractivity contribution in [2.45, 2.75) is 32.2 Å². The number of carbonyl (C=O) groups is 1. The summed E-state index contributed by atoms with van der Waals surface area (Å²) < 4.78 is 5.30.